The lowest BCUT2D eigenvalue weighted by atomic mass is 10.0. The van der Waals surface area contributed by atoms with Gasteiger partial charge in [-0.2, -0.15) is 0 Å². The van der Waals surface area contributed by atoms with Crippen LogP contribution in [0.1, 0.15) is 12.5 Å². The molecule has 0 aliphatic carbocycles. The third-order valence-corrected chi connectivity index (χ3v) is 4.19. The van der Waals surface area contributed by atoms with Crippen molar-refractivity contribution in [1.82, 2.24) is 0 Å². The largest absolute Gasteiger partial charge is 0.449 e. The summed E-state index contributed by atoms with van der Waals surface area (Å²) in [6.07, 6.45) is 1.60. The maximum Gasteiger partial charge on any atom is 0.331 e. The molecule has 3 aromatic rings. The van der Waals surface area contributed by atoms with Gasteiger partial charge in [-0.15, -0.1) is 0 Å². The average Bonchev–Trinajstić information content (AvgIpc) is 2.73. The number of amides is 1. The third kappa shape index (κ3) is 5.62. The van der Waals surface area contributed by atoms with E-state index >= 15 is 0 Å². The van der Waals surface area contributed by atoms with E-state index in [4.69, 9.17) is 4.74 Å². The Labute approximate surface area is 168 Å². The van der Waals surface area contributed by atoms with Gasteiger partial charge in [0.1, 0.15) is 5.82 Å². The van der Waals surface area contributed by atoms with Crippen molar-refractivity contribution in [2.24, 2.45) is 0 Å². The second-order valence-electron chi connectivity index (χ2n) is 6.37. The highest BCUT2D eigenvalue weighted by molar-refractivity contribution is 5.99. The van der Waals surface area contributed by atoms with Crippen LogP contribution in [0.3, 0.4) is 0 Å². The van der Waals surface area contributed by atoms with E-state index in [9.17, 15) is 14.0 Å². The molecule has 1 N–H and O–H groups in total. The van der Waals surface area contributed by atoms with Crippen LogP contribution in [0.5, 0.6) is 0 Å². The number of hydrogen-bond donors (Lipinski definition) is 1. The highest BCUT2D eigenvalue weighted by Crippen LogP contribution is 2.27. The summed E-state index contributed by atoms with van der Waals surface area (Å²) in [5.74, 6) is -1.53. The van der Waals surface area contributed by atoms with Crippen molar-refractivity contribution in [2.45, 2.75) is 13.0 Å². The zero-order chi connectivity index (χ0) is 20.6. The van der Waals surface area contributed by atoms with E-state index in [0.717, 1.165) is 17.2 Å². The minimum Gasteiger partial charge on any atom is -0.449 e. The first-order valence-corrected chi connectivity index (χ1v) is 9.12. The van der Waals surface area contributed by atoms with Crippen molar-refractivity contribution in [3.05, 3.63) is 96.3 Å². The lowest BCUT2D eigenvalue weighted by Crippen LogP contribution is -2.29. The second-order valence-corrected chi connectivity index (χ2v) is 6.37. The van der Waals surface area contributed by atoms with Crippen LogP contribution in [0, 0.1) is 5.82 Å². The number of nitrogens with one attached hydrogen (secondary N) is 1. The standard InChI is InChI=1S/C24H20FNO3/c1-17(29-23(27)15-14-18-8-7-11-20(25)16-18)24(28)26-22-13-6-5-12-21(22)19-9-3-2-4-10-19/h2-17H,1H3,(H,26,28)/b15-14+/t17-/m0/s1. The molecule has 3 rings (SSSR count). The van der Waals surface area contributed by atoms with Crippen LogP contribution in [-0.2, 0) is 14.3 Å². The topological polar surface area (TPSA) is 55.4 Å². The summed E-state index contributed by atoms with van der Waals surface area (Å²) in [6.45, 7) is 1.49. The summed E-state index contributed by atoms with van der Waals surface area (Å²) in [5.41, 5.74) is 2.98. The summed E-state index contributed by atoms with van der Waals surface area (Å²) < 4.78 is 18.3. The van der Waals surface area contributed by atoms with Crippen LogP contribution in [-0.4, -0.2) is 18.0 Å². The Bertz CT molecular complexity index is 1030. The molecule has 0 radical (unpaired) electrons. The molecular formula is C24H20FNO3. The molecule has 0 unspecified atom stereocenters. The van der Waals surface area contributed by atoms with E-state index in [1.165, 1.54) is 25.1 Å². The maximum absolute atomic E-state index is 13.2. The minimum atomic E-state index is -0.997. The van der Waals surface area contributed by atoms with E-state index < -0.39 is 23.8 Å². The predicted molar refractivity (Wildman–Crippen MR) is 111 cm³/mol. The number of halogens is 1. The summed E-state index contributed by atoms with van der Waals surface area (Å²) >= 11 is 0. The van der Waals surface area contributed by atoms with Gasteiger partial charge in [-0.25, -0.2) is 9.18 Å². The molecular weight excluding hydrogens is 369 g/mol. The first-order chi connectivity index (χ1) is 14.0. The molecule has 1 atom stereocenters. The zero-order valence-electron chi connectivity index (χ0n) is 15.8. The van der Waals surface area contributed by atoms with Crippen LogP contribution < -0.4 is 5.32 Å². The van der Waals surface area contributed by atoms with Crippen LogP contribution in [0.25, 0.3) is 17.2 Å². The Balaban J connectivity index is 1.63. The van der Waals surface area contributed by atoms with Crippen LogP contribution >= 0.6 is 0 Å². The van der Waals surface area contributed by atoms with Gasteiger partial charge in [-0.3, -0.25) is 4.79 Å². The van der Waals surface area contributed by atoms with Crippen molar-refractivity contribution >= 4 is 23.6 Å². The smallest absolute Gasteiger partial charge is 0.331 e. The predicted octanol–water partition coefficient (Wildman–Crippen LogP) is 5.08. The summed E-state index contributed by atoms with van der Waals surface area (Å²) in [4.78, 5) is 24.5. The van der Waals surface area contributed by atoms with Gasteiger partial charge in [0.2, 0.25) is 0 Å². The van der Waals surface area contributed by atoms with E-state index in [0.29, 0.717) is 11.3 Å². The second kappa shape index (κ2) is 9.46. The number of hydrogen-bond acceptors (Lipinski definition) is 3. The fraction of sp³-hybridized carbons (Fsp3) is 0.0833. The Morgan fingerprint density at radius 3 is 2.45 bits per heavy atom. The van der Waals surface area contributed by atoms with Gasteiger partial charge in [-0.1, -0.05) is 60.7 Å². The van der Waals surface area contributed by atoms with Crippen molar-refractivity contribution in [3.63, 3.8) is 0 Å². The summed E-state index contributed by atoms with van der Waals surface area (Å²) in [5, 5.41) is 2.81. The molecule has 0 saturated heterocycles. The number of carbonyl (C=O) groups excluding carboxylic acids is 2. The van der Waals surface area contributed by atoms with Crippen LogP contribution in [0.15, 0.2) is 84.9 Å². The Kier molecular flexibility index (Phi) is 6.53. The van der Waals surface area contributed by atoms with E-state index in [2.05, 4.69) is 5.32 Å². The number of anilines is 1. The average molecular weight is 389 g/mol. The van der Waals surface area contributed by atoms with Gasteiger partial charge in [0.15, 0.2) is 6.10 Å². The highest BCUT2D eigenvalue weighted by atomic mass is 19.1. The number of rotatable bonds is 6. The van der Waals surface area contributed by atoms with Crippen molar-refractivity contribution in [1.29, 1.82) is 0 Å². The molecule has 0 fully saturated rings. The fourth-order valence-electron chi connectivity index (χ4n) is 2.74. The lowest BCUT2D eigenvalue weighted by molar-refractivity contribution is -0.148. The van der Waals surface area contributed by atoms with E-state index in [1.807, 2.05) is 48.5 Å². The number of ether oxygens (including phenoxy) is 1. The first-order valence-electron chi connectivity index (χ1n) is 9.12. The zero-order valence-corrected chi connectivity index (χ0v) is 15.8. The van der Waals surface area contributed by atoms with E-state index in [-0.39, 0.29) is 0 Å². The number of para-hydroxylation sites is 1. The lowest BCUT2D eigenvalue weighted by Gasteiger charge is -2.15. The van der Waals surface area contributed by atoms with Crippen molar-refractivity contribution in [2.75, 3.05) is 5.32 Å². The van der Waals surface area contributed by atoms with Gasteiger partial charge in [0.25, 0.3) is 5.91 Å². The van der Waals surface area contributed by atoms with Crippen molar-refractivity contribution in [3.8, 4) is 11.1 Å². The fourth-order valence-corrected chi connectivity index (χ4v) is 2.74. The third-order valence-electron chi connectivity index (χ3n) is 4.19. The highest BCUT2D eigenvalue weighted by Gasteiger charge is 2.18. The Morgan fingerprint density at radius 1 is 0.966 bits per heavy atom. The van der Waals surface area contributed by atoms with E-state index in [1.54, 1.807) is 18.2 Å². The SMILES string of the molecule is C[C@H](OC(=O)/C=C/c1cccc(F)c1)C(=O)Nc1ccccc1-c1ccccc1. The molecule has 29 heavy (non-hydrogen) atoms. The molecule has 4 nitrogen and oxygen atoms in total. The molecule has 3 aromatic carbocycles. The molecule has 0 aliphatic rings. The maximum atomic E-state index is 13.2. The van der Waals surface area contributed by atoms with Gasteiger partial charge in [0, 0.05) is 17.3 Å². The van der Waals surface area contributed by atoms with Crippen LogP contribution in [0.2, 0.25) is 0 Å². The molecule has 1 amide bonds. The van der Waals surface area contributed by atoms with Crippen LogP contribution in [0.4, 0.5) is 10.1 Å². The molecule has 0 saturated carbocycles. The molecule has 5 heteroatoms. The molecule has 0 bridgehead atoms. The Morgan fingerprint density at radius 2 is 1.69 bits per heavy atom. The molecule has 0 aromatic heterocycles. The van der Waals surface area contributed by atoms with Gasteiger partial charge >= 0.3 is 5.97 Å². The summed E-state index contributed by atoms with van der Waals surface area (Å²) in [6, 6.07) is 22.9. The number of esters is 1. The molecule has 0 spiro atoms. The monoisotopic (exact) mass is 389 g/mol. The minimum absolute atomic E-state index is 0.398. The normalized spacial score (nSPS) is 11.8. The quantitative estimate of drug-likeness (QED) is 0.473. The summed E-state index contributed by atoms with van der Waals surface area (Å²) in [7, 11) is 0. The molecule has 146 valence electrons. The Hall–Kier alpha value is -3.73. The first kappa shape index (κ1) is 20.0. The molecule has 0 heterocycles. The van der Waals surface area contributed by atoms with Gasteiger partial charge < -0.3 is 10.1 Å². The van der Waals surface area contributed by atoms with Gasteiger partial charge in [0.05, 0.1) is 0 Å². The number of carbonyl (C=O) groups is 2. The van der Waals surface area contributed by atoms with Gasteiger partial charge in [-0.05, 0) is 42.3 Å². The molecule has 0 aliphatic heterocycles. The number of benzene rings is 3. The van der Waals surface area contributed by atoms with Crippen molar-refractivity contribution < 1.29 is 18.7 Å².